The van der Waals surface area contributed by atoms with Crippen molar-refractivity contribution in [2.45, 2.75) is 172 Å². The summed E-state index contributed by atoms with van der Waals surface area (Å²) in [6.07, 6.45) is 35.2. The van der Waals surface area contributed by atoms with Gasteiger partial charge in [0.15, 0.2) is 6.29 Å². The van der Waals surface area contributed by atoms with Gasteiger partial charge >= 0.3 is 0 Å². The lowest BCUT2D eigenvalue weighted by Gasteiger charge is -2.40. The highest BCUT2D eigenvalue weighted by molar-refractivity contribution is 5.76. The van der Waals surface area contributed by atoms with E-state index in [1.165, 1.54) is 32.1 Å². The molecule has 0 spiro atoms. The van der Waals surface area contributed by atoms with Gasteiger partial charge in [-0.2, -0.15) is 0 Å². The van der Waals surface area contributed by atoms with Gasteiger partial charge in [0.05, 0.1) is 25.4 Å². The van der Waals surface area contributed by atoms with E-state index in [9.17, 15) is 30.3 Å². The van der Waals surface area contributed by atoms with Crippen molar-refractivity contribution in [1.82, 2.24) is 5.32 Å². The van der Waals surface area contributed by atoms with Crippen molar-refractivity contribution in [2.75, 3.05) is 13.2 Å². The first-order valence-corrected chi connectivity index (χ1v) is 19.7. The molecule has 51 heavy (non-hydrogen) atoms. The van der Waals surface area contributed by atoms with Crippen LogP contribution < -0.4 is 5.32 Å². The lowest BCUT2D eigenvalue weighted by molar-refractivity contribution is -0.302. The van der Waals surface area contributed by atoms with E-state index in [1.54, 1.807) is 6.08 Å². The van der Waals surface area contributed by atoms with Crippen LogP contribution in [0.5, 0.6) is 0 Å². The minimum Gasteiger partial charge on any atom is -0.394 e. The molecule has 9 nitrogen and oxygen atoms in total. The fourth-order valence-electron chi connectivity index (χ4n) is 5.55. The normalized spacial score (nSPS) is 22.8. The average Bonchev–Trinajstić information content (AvgIpc) is 3.13. The molecular formula is C42H71NO8. The van der Waals surface area contributed by atoms with Gasteiger partial charge in [0.1, 0.15) is 24.4 Å². The molecule has 0 radical (unpaired) electrons. The second-order valence-electron chi connectivity index (χ2n) is 13.3. The molecule has 0 bridgehead atoms. The Morgan fingerprint density at radius 1 is 0.686 bits per heavy atom. The largest absolute Gasteiger partial charge is 0.394 e. The highest BCUT2D eigenvalue weighted by Gasteiger charge is 2.44. The fourth-order valence-corrected chi connectivity index (χ4v) is 5.55. The van der Waals surface area contributed by atoms with Crippen LogP contribution in [0.4, 0.5) is 0 Å². The number of allylic oxidation sites excluding steroid dienone is 11. The highest BCUT2D eigenvalue weighted by atomic mass is 16.7. The number of nitrogens with one attached hydrogen (secondary N) is 1. The predicted molar refractivity (Wildman–Crippen MR) is 207 cm³/mol. The second kappa shape index (κ2) is 32.3. The van der Waals surface area contributed by atoms with Gasteiger partial charge in [0.2, 0.25) is 5.91 Å². The van der Waals surface area contributed by atoms with Crippen LogP contribution in [0.2, 0.25) is 0 Å². The van der Waals surface area contributed by atoms with E-state index in [0.717, 1.165) is 70.6 Å². The Morgan fingerprint density at radius 2 is 1.24 bits per heavy atom. The first kappa shape index (κ1) is 46.7. The Labute approximate surface area is 308 Å². The van der Waals surface area contributed by atoms with E-state index in [1.807, 2.05) is 6.08 Å². The lowest BCUT2D eigenvalue weighted by atomic mass is 9.99. The molecule has 1 aliphatic rings. The maximum Gasteiger partial charge on any atom is 0.220 e. The summed E-state index contributed by atoms with van der Waals surface area (Å²) in [6, 6.07) is -0.844. The molecule has 0 aliphatic carbocycles. The molecule has 0 aromatic rings. The molecule has 7 unspecified atom stereocenters. The summed E-state index contributed by atoms with van der Waals surface area (Å²) >= 11 is 0. The molecule has 1 heterocycles. The highest BCUT2D eigenvalue weighted by Crippen LogP contribution is 2.22. The van der Waals surface area contributed by atoms with Gasteiger partial charge in [0.25, 0.3) is 0 Å². The molecule has 292 valence electrons. The van der Waals surface area contributed by atoms with Crippen molar-refractivity contribution in [3.8, 4) is 0 Å². The first-order valence-electron chi connectivity index (χ1n) is 19.7. The third-order valence-corrected chi connectivity index (χ3v) is 8.74. The molecule has 1 aliphatic heterocycles. The number of carbonyl (C=O) groups is 1. The van der Waals surface area contributed by atoms with Gasteiger partial charge in [-0.05, 0) is 77.0 Å². The molecular weight excluding hydrogens is 646 g/mol. The number of aliphatic hydroxyl groups is 5. The third kappa shape index (κ3) is 23.7. The van der Waals surface area contributed by atoms with E-state index in [4.69, 9.17) is 9.47 Å². The Balaban J connectivity index is 2.52. The summed E-state index contributed by atoms with van der Waals surface area (Å²) < 4.78 is 11.1. The smallest absolute Gasteiger partial charge is 0.220 e. The SMILES string of the molecule is CC/C=C\C/C=C\C/C=C\CCCCCC(=O)NC(COC1OC(CO)C(O)C(O)C1O)C(O)/C=C/CC/C=C/CC/C=C/CCCCCCC. The number of rotatable bonds is 30. The molecule has 0 saturated carbocycles. The van der Waals surface area contributed by atoms with Crippen LogP contribution in [0.3, 0.4) is 0 Å². The van der Waals surface area contributed by atoms with Crippen molar-refractivity contribution in [3.05, 3.63) is 72.9 Å². The number of amides is 1. The van der Waals surface area contributed by atoms with E-state index in [-0.39, 0.29) is 12.5 Å². The lowest BCUT2D eigenvalue weighted by Crippen LogP contribution is -2.60. The molecule has 9 heteroatoms. The van der Waals surface area contributed by atoms with Crippen molar-refractivity contribution >= 4 is 5.91 Å². The first-order chi connectivity index (χ1) is 24.8. The van der Waals surface area contributed by atoms with Crippen molar-refractivity contribution in [2.24, 2.45) is 0 Å². The van der Waals surface area contributed by atoms with Gasteiger partial charge in [-0.3, -0.25) is 4.79 Å². The average molecular weight is 718 g/mol. The molecule has 1 amide bonds. The van der Waals surface area contributed by atoms with Gasteiger partial charge in [-0.1, -0.05) is 119 Å². The predicted octanol–water partition coefficient (Wildman–Crippen LogP) is 7.05. The zero-order valence-corrected chi connectivity index (χ0v) is 31.6. The van der Waals surface area contributed by atoms with Gasteiger partial charge in [-0.25, -0.2) is 0 Å². The molecule has 7 atom stereocenters. The molecule has 1 rings (SSSR count). The minimum absolute atomic E-state index is 0.222. The number of hydrogen-bond donors (Lipinski definition) is 6. The van der Waals surface area contributed by atoms with Gasteiger partial charge in [0, 0.05) is 6.42 Å². The quantitative estimate of drug-likeness (QED) is 0.0342. The monoisotopic (exact) mass is 718 g/mol. The van der Waals surface area contributed by atoms with Crippen molar-refractivity contribution in [3.63, 3.8) is 0 Å². The zero-order valence-electron chi connectivity index (χ0n) is 31.6. The van der Waals surface area contributed by atoms with Gasteiger partial charge in [-0.15, -0.1) is 0 Å². The number of hydrogen-bond acceptors (Lipinski definition) is 8. The van der Waals surface area contributed by atoms with Crippen LogP contribution in [0.1, 0.15) is 129 Å². The Kier molecular flexibility index (Phi) is 29.5. The van der Waals surface area contributed by atoms with Crippen LogP contribution >= 0.6 is 0 Å². The standard InChI is InChI=1S/C42H71NO8/c1-3-5-7-9-11-13-15-17-18-20-21-23-25-27-29-31-36(45)35(34-50-42-41(49)40(48)39(47)37(33-44)51-42)43-38(46)32-30-28-26-24-22-19-16-14-12-10-8-6-4-2/h6,8,12,14-15,17,19,21-23,29,31,35-37,39-42,44-45,47-49H,3-5,7,9-11,13,16,18,20,24-28,30,32-34H2,1-2H3,(H,43,46)/b8-6-,14-12-,17-15+,22-19-,23-21+,31-29+. The summed E-state index contributed by atoms with van der Waals surface area (Å²) in [5.74, 6) is -0.226. The summed E-state index contributed by atoms with van der Waals surface area (Å²) in [5, 5.41) is 53.9. The Bertz CT molecular complexity index is 1020. The summed E-state index contributed by atoms with van der Waals surface area (Å²) in [5.41, 5.74) is 0. The van der Waals surface area contributed by atoms with E-state index in [0.29, 0.717) is 12.8 Å². The molecule has 0 aromatic carbocycles. The van der Waals surface area contributed by atoms with Crippen LogP contribution in [0.15, 0.2) is 72.9 Å². The maximum absolute atomic E-state index is 12.9. The maximum atomic E-state index is 12.9. The van der Waals surface area contributed by atoms with Crippen molar-refractivity contribution < 1.29 is 39.8 Å². The van der Waals surface area contributed by atoms with Crippen LogP contribution in [0, 0.1) is 0 Å². The van der Waals surface area contributed by atoms with Crippen molar-refractivity contribution in [1.29, 1.82) is 0 Å². The minimum atomic E-state index is -1.58. The summed E-state index contributed by atoms with van der Waals surface area (Å²) in [4.78, 5) is 12.9. The number of aliphatic hydroxyl groups excluding tert-OH is 5. The van der Waals surface area contributed by atoms with Crippen LogP contribution in [-0.2, 0) is 14.3 Å². The third-order valence-electron chi connectivity index (χ3n) is 8.74. The summed E-state index contributed by atoms with van der Waals surface area (Å²) in [6.45, 7) is 3.56. The zero-order chi connectivity index (χ0) is 37.4. The number of unbranched alkanes of at least 4 members (excludes halogenated alkanes) is 10. The Hall–Kier alpha value is -2.37. The summed E-state index contributed by atoms with van der Waals surface area (Å²) in [7, 11) is 0. The molecule has 1 saturated heterocycles. The molecule has 0 aromatic heterocycles. The van der Waals surface area contributed by atoms with Crippen LogP contribution in [0.25, 0.3) is 0 Å². The number of ether oxygens (including phenoxy) is 2. The topological polar surface area (TPSA) is 149 Å². The van der Waals surface area contributed by atoms with E-state index < -0.39 is 49.5 Å². The molecule has 6 N–H and O–H groups in total. The van der Waals surface area contributed by atoms with E-state index >= 15 is 0 Å². The second-order valence-corrected chi connectivity index (χ2v) is 13.3. The number of carbonyl (C=O) groups excluding carboxylic acids is 1. The van der Waals surface area contributed by atoms with Crippen LogP contribution in [-0.4, -0.2) is 87.5 Å². The van der Waals surface area contributed by atoms with E-state index in [2.05, 4.69) is 79.9 Å². The Morgan fingerprint density at radius 3 is 1.86 bits per heavy atom. The molecule has 1 fully saturated rings. The van der Waals surface area contributed by atoms with Gasteiger partial charge < -0.3 is 40.3 Å². The fraction of sp³-hybridized carbons (Fsp3) is 0.690.